The second-order valence-electron chi connectivity index (χ2n) is 3.71. The van der Waals surface area contributed by atoms with E-state index in [0.717, 1.165) is 12.8 Å². The van der Waals surface area contributed by atoms with Gasteiger partial charge in [0.15, 0.2) is 6.29 Å². The van der Waals surface area contributed by atoms with E-state index >= 15 is 0 Å². The topological polar surface area (TPSA) is 18.5 Å². The minimum absolute atomic E-state index is 0.109. The van der Waals surface area contributed by atoms with Crippen LogP contribution in [0.3, 0.4) is 0 Å². The lowest BCUT2D eigenvalue weighted by Gasteiger charge is -2.16. The van der Waals surface area contributed by atoms with E-state index in [4.69, 9.17) is 9.47 Å². The summed E-state index contributed by atoms with van der Waals surface area (Å²) in [7, 11) is 0. The molecule has 0 aliphatic carbocycles. The number of benzene rings is 1. The molecule has 0 aromatic heterocycles. The molecule has 0 fully saturated rings. The molecule has 1 rings (SSSR count). The zero-order valence-corrected chi connectivity index (χ0v) is 10.5. The lowest BCUT2D eigenvalue weighted by atomic mass is 10.1. The van der Waals surface area contributed by atoms with E-state index < -0.39 is 0 Å². The lowest BCUT2D eigenvalue weighted by molar-refractivity contribution is -0.134. The van der Waals surface area contributed by atoms with Crippen molar-refractivity contribution in [2.24, 2.45) is 0 Å². The maximum Gasteiger partial charge on any atom is 0.161 e. The van der Waals surface area contributed by atoms with Crippen LogP contribution in [0.5, 0.6) is 0 Å². The third kappa shape index (κ3) is 4.33. The zero-order valence-electron chi connectivity index (χ0n) is 10.5. The van der Waals surface area contributed by atoms with Gasteiger partial charge in [0, 0.05) is 19.6 Å². The van der Waals surface area contributed by atoms with Crippen LogP contribution >= 0.6 is 0 Å². The molecule has 2 nitrogen and oxygen atoms in total. The molecule has 1 aromatic rings. The van der Waals surface area contributed by atoms with E-state index in [1.54, 1.807) is 0 Å². The van der Waals surface area contributed by atoms with Crippen LogP contribution in [-0.2, 0) is 22.3 Å². The molecule has 0 bridgehead atoms. The fourth-order valence-corrected chi connectivity index (χ4v) is 1.64. The molecular weight excluding hydrogens is 200 g/mol. The SMILES string of the molecule is CCOC(Cc1ccc(CC)cc1)OCC. The van der Waals surface area contributed by atoms with Crippen molar-refractivity contribution in [1.29, 1.82) is 0 Å². The summed E-state index contributed by atoms with van der Waals surface area (Å²) in [4.78, 5) is 0. The third-order valence-corrected chi connectivity index (χ3v) is 2.54. The normalized spacial score (nSPS) is 11.0. The van der Waals surface area contributed by atoms with Crippen LogP contribution in [0.1, 0.15) is 31.9 Å². The Labute approximate surface area is 98.6 Å². The smallest absolute Gasteiger partial charge is 0.161 e. The highest BCUT2D eigenvalue weighted by Crippen LogP contribution is 2.10. The lowest BCUT2D eigenvalue weighted by Crippen LogP contribution is -2.20. The molecule has 90 valence electrons. The number of hydrogen-bond donors (Lipinski definition) is 0. The standard InChI is InChI=1S/C14H22O2/c1-4-12-7-9-13(10-8-12)11-14(15-5-2)16-6-3/h7-10,14H,4-6,11H2,1-3H3. The molecule has 2 heteroatoms. The monoisotopic (exact) mass is 222 g/mol. The highest BCUT2D eigenvalue weighted by atomic mass is 16.7. The zero-order chi connectivity index (χ0) is 11.8. The first-order valence-electron chi connectivity index (χ1n) is 6.11. The fraction of sp³-hybridized carbons (Fsp3) is 0.571. The first-order valence-corrected chi connectivity index (χ1v) is 6.11. The van der Waals surface area contributed by atoms with Gasteiger partial charge in [0.25, 0.3) is 0 Å². The van der Waals surface area contributed by atoms with Gasteiger partial charge in [-0.2, -0.15) is 0 Å². The Morgan fingerprint density at radius 3 is 1.81 bits per heavy atom. The Kier molecular flexibility index (Phi) is 6.12. The first kappa shape index (κ1) is 13.2. The molecular formula is C14H22O2. The number of aryl methyl sites for hydroxylation is 1. The molecule has 0 radical (unpaired) electrons. The highest BCUT2D eigenvalue weighted by molar-refractivity contribution is 5.22. The van der Waals surface area contributed by atoms with Crippen LogP contribution in [0.25, 0.3) is 0 Å². The summed E-state index contributed by atoms with van der Waals surface area (Å²) in [5.74, 6) is 0. The van der Waals surface area contributed by atoms with Crippen molar-refractivity contribution in [2.45, 2.75) is 39.9 Å². The molecule has 16 heavy (non-hydrogen) atoms. The van der Waals surface area contributed by atoms with Gasteiger partial charge in [-0.3, -0.25) is 0 Å². The molecule has 0 heterocycles. The Hall–Kier alpha value is -0.860. The maximum atomic E-state index is 5.52. The van der Waals surface area contributed by atoms with Gasteiger partial charge in [0.2, 0.25) is 0 Å². The second-order valence-corrected chi connectivity index (χ2v) is 3.71. The summed E-state index contributed by atoms with van der Waals surface area (Å²) in [6, 6.07) is 8.66. The van der Waals surface area contributed by atoms with E-state index in [1.807, 2.05) is 13.8 Å². The molecule has 1 aromatic carbocycles. The molecule has 0 spiro atoms. The van der Waals surface area contributed by atoms with Gasteiger partial charge >= 0.3 is 0 Å². The minimum Gasteiger partial charge on any atom is -0.353 e. The van der Waals surface area contributed by atoms with Gasteiger partial charge in [-0.25, -0.2) is 0 Å². The second kappa shape index (κ2) is 7.42. The Morgan fingerprint density at radius 2 is 1.38 bits per heavy atom. The van der Waals surface area contributed by atoms with Crippen LogP contribution in [-0.4, -0.2) is 19.5 Å². The summed E-state index contributed by atoms with van der Waals surface area (Å²) in [6.45, 7) is 7.53. The number of hydrogen-bond acceptors (Lipinski definition) is 2. The van der Waals surface area contributed by atoms with E-state index in [-0.39, 0.29) is 6.29 Å². The minimum atomic E-state index is -0.109. The van der Waals surface area contributed by atoms with Gasteiger partial charge in [-0.1, -0.05) is 31.2 Å². The van der Waals surface area contributed by atoms with Gasteiger partial charge in [-0.05, 0) is 31.4 Å². The Morgan fingerprint density at radius 1 is 0.875 bits per heavy atom. The largest absolute Gasteiger partial charge is 0.353 e. The first-order chi connectivity index (χ1) is 7.80. The highest BCUT2D eigenvalue weighted by Gasteiger charge is 2.08. The van der Waals surface area contributed by atoms with Crippen molar-refractivity contribution in [3.63, 3.8) is 0 Å². The van der Waals surface area contributed by atoms with Gasteiger partial charge in [0.1, 0.15) is 0 Å². The van der Waals surface area contributed by atoms with Crippen molar-refractivity contribution < 1.29 is 9.47 Å². The predicted octanol–water partition coefficient (Wildman–Crippen LogP) is 3.19. The van der Waals surface area contributed by atoms with Gasteiger partial charge in [-0.15, -0.1) is 0 Å². The van der Waals surface area contributed by atoms with E-state index in [9.17, 15) is 0 Å². The average molecular weight is 222 g/mol. The van der Waals surface area contributed by atoms with Crippen molar-refractivity contribution in [2.75, 3.05) is 13.2 Å². The van der Waals surface area contributed by atoms with Crippen LogP contribution in [0, 0.1) is 0 Å². The maximum absolute atomic E-state index is 5.52. The van der Waals surface area contributed by atoms with Crippen molar-refractivity contribution in [1.82, 2.24) is 0 Å². The quantitative estimate of drug-likeness (QED) is 0.660. The van der Waals surface area contributed by atoms with Crippen LogP contribution in [0.4, 0.5) is 0 Å². The molecule has 0 saturated heterocycles. The third-order valence-electron chi connectivity index (χ3n) is 2.54. The average Bonchev–Trinajstić information content (AvgIpc) is 2.31. The molecule has 0 saturated carbocycles. The van der Waals surface area contributed by atoms with E-state index in [2.05, 4.69) is 31.2 Å². The van der Waals surface area contributed by atoms with Crippen molar-refractivity contribution in [3.05, 3.63) is 35.4 Å². The number of ether oxygens (including phenoxy) is 2. The fourth-order valence-electron chi connectivity index (χ4n) is 1.64. The summed E-state index contributed by atoms with van der Waals surface area (Å²) < 4.78 is 11.0. The summed E-state index contributed by atoms with van der Waals surface area (Å²) in [5.41, 5.74) is 2.64. The van der Waals surface area contributed by atoms with Crippen molar-refractivity contribution >= 4 is 0 Å². The predicted molar refractivity (Wildman–Crippen MR) is 66.6 cm³/mol. The Bertz CT molecular complexity index is 273. The van der Waals surface area contributed by atoms with Gasteiger partial charge < -0.3 is 9.47 Å². The van der Waals surface area contributed by atoms with Crippen LogP contribution < -0.4 is 0 Å². The van der Waals surface area contributed by atoms with Crippen LogP contribution in [0.15, 0.2) is 24.3 Å². The van der Waals surface area contributed by atoms with Gasteiger partial charge in [0.05, 0.1) is 0 Å². The molecule has 0 atom stereocenters. The van der Waals surface area contributed by atoms with E-state index in [0.29, 0.717) is 13.2 Å². The number of rotatable bonds is 7. The summed E-state index contributed by atoms with van der Waals surface area (Å²) in [6.07, 6.45) is 1.80. The Balaban J connectivity index is 2.54. The van der Waals surface area contributed by atoms with Crippen molar-refractivity contribution in [3.8, 4) is 0 Å². The molecule has 0 unspecified atom stereocenters. The van der Waals surface area contributed by atoms with E-state index in [1.165, 1.54) is 11.1 Å². The summed E-state index contributed by atoms with van der Waals surface area (Å²) >= 11 is 0. The molecule has 0 aliphatic rings. The van der Waals surface area contributed by atoms with Crippen LogP contribution in [0.2, 0.25) is 0 Å². The summed E-state index contributed by atoms with van der Waals surface area (Å²) in [5, 5.41) is 0. The molecule has 0 aliphatic heterocycles. The molecule has 0 amide bonds. The molecule has 0 N–H and O–H groups in total.